The molecule has 1 aliphatic rings. The number of carbonyl (C=O) groups is 3. The number of carbonyl (C=O) groups excluding carboxylic acids is 3. The number of amides is 4. The molecule has 0 aliphatic carbocycles. The number of nitrogens with zero attached hydrogens (tertiary/aromatic N) is 2. The second-order valence-electron chi connectivity index (χ2n) is 8.24. The van der Waals surface area contributed by atoms with Crippen molar-refractivity contribution in [1.82, 2.24) is 5.32 Å². The summed E-state index contributed by atoms with van der Waals surface area (Å²) in [6.07, 6.45) is -3.60. The Balaban J connectivity index is 1.69. The minimum atomic E-state index is -4.80. The maximum Gasteiger partial charge on any atom is 0.416 e. The van der Waals surface area contributed by atoms with Gasteiger partial charge in [-0.25, -0.2) is 9.69 Å². The Kier molecular flexibility index (Phi) is 8.06. The molecular formula is C25H13Br2ClF3N3O6. The van der Waals surface area contributed by atoms with Gasteiger partial charge < -0.3 is 4.74 Å². The van der Waals surface area contributed by atoms with Crippen LogP contribution in [0, 0.1) is 17.0 Å². The van der Waals surface area contributed by atoms with Gasteiger partial charge in [-0.05, 0) is 92.4 Å². The Morgan fingerprint density at radius 3 is 2.27 bits per heavy atom. The van der Waals surface area contributed by atoms with Crippen LogP contribution in [0.25, 0.3) is 6.08 Å². The smallest absolute Gasteiger partial charge is 0.416 e. The summed E-state index contributed by atoms with van der Waals surface area (Å²) in [7, 11) is 0. The third-order valence-corrected chi connectivity index (χ3v) is 7.13. The van der Waals surface area contributed by atoms with Crippen LogP contribution in [0.15, 0.2) is 63.0 Å². The van der Waals surface area contributed by atoms with E-state index in [9.17, 15) is 37.7 Å². The fourth-order valence-corrected chi connectivity index (χ4v) is 5.13. The number of ether oxygens (including phenoxy) is 1. The van der Waals surface area contributed by atoms with E-state index in [-0.39, 0.29) is 31.5 Å². The average Bonchev–Trinajstić information content (AvgIpc) is 2.85. The van der Waals surface area contributed by atoms with Crippen LogP contribution in [0.3, 0.4) is 0 Å². The number of rotatable bonds is 5. The zero-order valence-electron chi connectivity index (χ0n) is 19.8. The molecule has 0 unspecified atom stereocenters. The fourth-order valence-electron chi connectivity index (χ4n) is 3.57. The number of urea groups is 1. The van der Waals surface area contributed by atoms with Gasteiger partial charge in [-0.3, -0.25) is 25.0 Å². The molecule has 0 saturated carbocycles. The summed E-state index contributed by atoms with van der Waals surface area (Å²) in [5.74, 6) is -2.35. The lowest BCUT2D eigenvalue weighted by Gasteiger charge is -2.26. The summed E-state index contributed by atoms with van der Waals surface area (Å²) >= 11 is 12.6. The van der Waals surface area contributed by atoms with Crippen molar-refractivity contribution in [1.29, 1.82) is 0 Å². The lowest BCUT2D eigenvalue weighted by molar-refractivity contribution is -0.385. The highest BCUT2D eigenvalue weighted by atomic mass is 79.9. The molecule has 4 rings (SSSR count). The number of halogens is 6. The van der Waals surface area contributed by atoms with Crippen LogP contribution in [0.2, 0.25) is 5.02 Å². The number of nitro groups is 1. The SMILES string of the molecule is Cc1ccc(N2C(=O)NC(=O)/C(=C\c3cc(Br)c(Oc4ccc(C(F)(F)F)cc4[N+](=O)[O-])c(Br)c3)C2=O)cc1Cl. The van der Waals surface area contributed by atoms with Crippen molar-refractivity contribution in [2.24, 2.45) is 0 Å². The van der Waals surface area contributed by atoms with Gasteiger partial charge in [0.2, 0.25) is 5.75 Å². The first-order valence-corrected chi connectivity index (χ1v) is 12.8. The molecule has 1 aliphatic heterocycles. The number of imide groups is 2. The summed E-state index contributed by atoms with van der Waals surface area (Å²) in [5.41, 5.74) is -1.40. The summed E-state index contributed by atoms with van der Waals surface area (Å²) in [5, 5.41) is 13.8. The van der Waals surface area contributed by atoms with Crippen molar-refractivity contribution in [2.75, 3.05) is 4.90 Å². The molecule has 4 amide bonds. The molecule has 3 aromatic rings. The number of nitrogens with one attached hydrogen (secondary N) is 1. The summed E-state index contributed by atoms with van der Waals surface area (Å²) in [4.78, 5) is 49.3. The second-order valence-corrected chi connectivity index (χ2v) is 10.4. The molecular weight excluding hydrogens is 691 g/mol. The van der Waals surface area contributed by atoms with Crippen molar-refractivity contribution >= 4 is 78.8 Å². The van der Waals surface area contributed by atoms with Crippen LogP contribution < -0.4 is 15.0 Å². The van der Waals surface area contributed by atoms with Crippen LogP contribution >= 0.6 is 43.5 Å². The highest BCUT2D eigenvalue weighted by Crippen LogP contribution is 2.43. The van der Waals surface area contributed by atoms with E-state index >= 15 is 0 Å². The van der Waals surface area contributed by atoms with Crippen LogP contribution in [0.5, 0.6) is 11.5 Å². The number of hydrogen-bond donors (Lipinski definition) is 1. The van der Waals surface area contributed by atoms with Crippen LogP contribution in [-0.2, 0) is 15.8 Å². The molecule has 0 aromatic heterocycles. The van der Waals surface area contributed by atoms with Gasteiger partial charge in [-0.15, -0.1) is 0 Å². The van der Waals surface area contributed by atoms with Crippen LogP contribution in [0.1, 0.15) is 16.7 Å². The quantitative estimate of drug-likeness (QED) is 0.127. The molecule has 1 N–H and O–H groups in total. The van der Waals surface area contributed by atoms with E-state index in [0.29, 0.717) is 22.7 Å². The number of anilines is 1. The van der Waals surface area contributed by atoms with Crippen molar-refractivity contribution in [3.63, 3.8) is 0 Å². The fraction of sp³-hybridized carbons (Fsp3) is 0.0800. The van der Waals surface area contributed by atoms with Gasteiger partial charge in [0.15, 0.2) is 5.75 Å². The Bertz CT molecular complexity index is 1620. The van der Waals surface area contributed by atoms with E-state index < -0.39 is 45.9 Å². The number of hydrogen-bond acceptors (Lipinski definition) is 6. The molecule has 15 heteroatoms. The van der Waals surface area contributed by atoms with Gasteiger partial charge in [0.25, 0.3) is 11.8 Å². The Hall–Kier alpha value is -3.75. The van der Waals surface area contributed by atoms with E-state index in [0.717, 1.165) is 11.0 Å². The number of alkyl halides is 3. The largest absolute Gasteiger partial charge is 0.448 e. The summed E-state index contributed by atoms with van der Waals surface area (Å²) in [6, 6.07) is 8.15. The molecule has 0 radical (unpaired) electrons. The van der Waals surface area contributed by atoms with Crippen molar-refractivity contribution in [3.05, 3.63) is 94.9 Å². The van der Waals surface area contributed by atoms with Gasteiger partial charge in [0.05, 0.1) is 25.1 Å². The minimum absolute atomic E-state index is 0.0319. The molecule has 40 heavy (non-hydrogen) atoms. The number of barbiturate groups is 1. The molecule has 206 valence electrons. The standard InChI is InChI=1S/C25H13Br2ClF3N3O6/c1-11-2-4-14(10-18(11)28)33-23(36)15(22(35)32-24(33)37)6-12-7-16(26)21(17(27)8-12)40-20-5-3-13(25(29,30)31)9-19(20)34(38)39/h2-10H,1H3,(H,32,35,37)/b15-6+. The van der Waals surface area contributed by atoms with E-state index in [1.165, 1.54) is 30.3 Å². The maximum atomic E-state index is 13.2. The first-order valence-electron chi connectivity index (χ1n) is 10.9. The van der Waals surface area contributed by atoms with Crippen LogP contribution in [0.4, 0.5) is 29.3 Å². The lowest BCUT2D eigenvalue weighted by Crippen LogP contribution is -2.54. The third kappa shape index (κ3) is 5.88. The average molecular weight is 704 g/mol. The Labute approximate surface area is 245 Å². The Morgan fingerprint density at radius 1 is 1.05 bits per heavy atom. The maximum absolute atomic E-state index is 13.2. The van der Waals surface area contributed by atoms with Gasteiger partial charge in [0, 0.05) is 11.1 Å². The van der Waals surface area contributed by atoms with E-state index in [4.69, 9.17) is 16.3 Å². The summed E-state index contributed by atoms with van der Waals surface area (Å²) < 4.78 is 45.0. The zero-order chi connectivity index (χ0) is 29.5. The lowest BCUT2D eigenvalue weighted by atomic mass is 10.1. The predicted octanol–water partition coefficient (Wildman–Crippen LogP) is 7.56. The highest BCUT2D eigenvalue weighted by molar-refractivity contribution is 9.11. The normalized spacial score (nSPS) is 14.9. The molecule has 1 saturated heterocycles. The van der Waals surface area contributed by atoms with Gasteiger partial charge in [-0.2, -0.15) is 13.2 Å². The van der Waals surface area contributed by atoms with Gasteiger partial charge in [0.1, 0.15) is 5.57 Å². The topological polar surface area (TPSA) is 119 Å². The van der Waals surface area contributed by atoms with Gasteiger partial charge >= 0.3 is 17.9 Å². The highest BCUT2D eigenvalue weighted by Gasteiger charge is 2.37. The third-order valence-electron chi connectivity index (χ3n) is 5.54. The number of benzene rings is 3. The van der Waals surface area contributed by atoms with E-state index in [2.05, 4.69) is 37.2 Å². The zero-order valence-corrected chi connectivity index (χ0v) is 23.7. The first-order chi connectivity index (χ1) is 18.7. The van der Waals surface area contributed by atoms with Crippen molar-refractivity contribution < 1.29 is 37.2 Å². The number of aryl methyl sites for hydroxylation is 1. The van der Waals surface area contributed by atoms with Gasteiger partial charge in [-0.1, -0.05) is 17.7 Å². The van der Waals surface area contributed by atoms with Crippen molar-refractivity contribution in [3.8, 4) is 11.5 Å². The second kappa shape index (κ2) is 11.0. The molecule has 1 heterocycles. The molecule has 0 atom stereocenters. The Morgan fingerprint density at radius 2 is 1.70 bits per heavy atom. The van der Waals surface area contributed by atoms with E-state index in [1.807, 2.05) is 0 Å². The molecule has 0 spiro atoms. The predicted molar refractivity (Wildman–Crippen MR) is 145 cm³/mol. The summed E-state index contributed by atoms with van der Waals surface area (Å²) in [6.45, 7) is 1.73. The van der Waals surface area contributed by atoms with Crippen LogP contribution in [-0.4, -0.2) is 22.8 Å². The van der Waals surface area contributed by atoms with Crippen molar-refractivity contribution in [2.45, 2.75) is 13.1 Å². The number of nitro benzene ring substituents is 1. The molecule has 0 bridgehead atoms. The van der Waals surface area contributed by atoms with E-state index in [1.54, 1.807) is 13.0 Å². The molecule has 3 aromatic carbocycles. The monoisotopic (exact) mass is 701 g/mol. The molecule has 9 nitrogen and oxygen atoms in total. The minimum Gasteiger partial charge on any atom is -0.448 e. The molecule has 1 fully saturated rings. The first kappa shape index (κ1) is 29.2.